The van der Waals surface area contributed by atoms with Crippen LogP contribution in [0.25, 0.3) is 11.3 Å². The summed E-state index contributed by atoms with van der Waals surface area (Å²) in [5.41, 5.74) is 1.85. The van der Waals surface area contributed by atoms with Crippen molar-refractivity contribution in [1.82, 2.24) is 20.0 Å². The smallest absolute Gasteiger partial charge is 0.135 e. The highest BCUT2D eigenvalue weighted by Crippen LogP contribution is 2.29. The number of nitrogens with one attached hydrogen (secondary N) is 1. The quantitative estimate of drug-likeness (QED) is 0.715. The Bertz CT molecular complexity index is 939. The molecular formula is C23H25FN4O. The number of likely N-dealkylation sites (tertiary alicyclic amines) is 1. The molecular weight excluding hydrogens is 367 g/mol. The molecule has 2 aromatic carbocycles. The molecule has 3 heterocycles. The number of alkyl halides is 1. The zero-order chi connectivity index (χ0) is 19.6. The van der Waals surface area contributed by atoms with Gasteiger partial charge in [0.15, 0.2) is 0 Å². The molecule has 3 aromatic rings. The molecule has 2 aliphatic rings. The van der Waals surface area contributed by atoms with E-state index in [9.17, 15) is 4.39 Å². The van der Waals surface area contributed by atoms with E-state index in [-0.39, 0.29) is 6.04 Å². The normalized spacial score (nSPS) is 22.9. The van der Waals surface area contributed by atoms with Crippen molar-refractivity contribution < 1.29 is 9.13 Å². The maximum atomic E-state index is 14.8. The van der Waals surface area contributed by atoms with Crippen molar-refractivity contribution in [1.29, 1.82) is 0 Å². The third-order valence-electron chi connectivity index (χ3n) is 5.89. The molecule has 5 nitrogen and oxygen atoms in total. The van der Waals surface area contributed by atoms with E-state index in [0.29, 0.717) is 12.6 Å². The fourth-order valence-electron chi connectivity index (χ4n) is 4.07. The van der Waals surface area contributed by atoms with Crippen LogP contribution in [0.1, 0.15) is 12.5 Å². The minimum absolute atomic E-state index is 0.186. The summed E-state index contributed by atoms with van der Waals surface area (Å²) < 4.78 is 22.5. The van der Waals surface area contributed by atoms with Gasteiger partial charge in [0, 0.05) is 44.0 Å². The summed E-state index contributed by atoms with van der Waals surface area (Å²) in [6, 6.07) is 19.8. The average Bonchev–Trinajstić information content (AvgIpc) is 3.18. The van der Waals surface area contributed by atoms with Gasteiger partial charge < -0.3 is 10.1 Å². The van der Waals surface area contributed by atoms with Gasteiger partial charge in [-0.25, -0.2) is 4.39 Å². The predicted octanol–water partition coefficient (Wildman–Crippen LogP) is 3.90. The molecule has 2 fully saturated rings. The van der Waals surface area contributed by atoms with Crippen LogP contribution in [0.4, 0.5) is 4.39 Å². The van der Waals surface area contributed by atoms with Crippen molar-refractivity contribution in [3.63, 3.8) is 0 Å². The van der Waals surface area contributed by atoms with E-state index in [4.69, 9.17) is 4.74 Å². The Morgan fingerprint density at radius 3 is 2.41 bits per heavy atom. The molecule has 1 N–H and O–H groups in total. The first-order valence-corrected chi connectivity index (χ1v) is 10.2. The van der Waals surface area contributed by atoms with Crippen molar-refractivity contribution in [3.05, 3.63) is 66.9 Å². The Labute approximate surface area is 170 Å². The lowest BCUT2D eigenvalue weighted by Crippen LogP contribution is -2.60. The molecule has 0 radical (unpaired) electrons. The first-order valence-electron chi connectivity index (χ1n) is 10.2. The second kappa shape index (κ2) is 7.97. The predicted molar refractivity (Wildman–Crippen MR) is 111 cm³/mol. The molecule has 0 amide bonds. The number of piperidine rings is 1. The van der Waals surface area contributed by atoms with Crippen LogP contribution < -0.4 is 10.1 Å². The zero-order valence-corrected chi connectivity index (χ0v) is 16.2. The number of benzene rings is 2. The Balaban J connectivity index is 1.25. The van der Waals surface area contributed by atoms with E-state index in [2.05, 4.69) is 15.3 Å². The number of rotatable bonds is 5. The Hall–Kier alpha value is -2.70. The van der Waals surface area contributed by atoms with Crippen molar-refractivity contribution >= 4 is 0 Å². The molecule has 2 aliphatic heterocycles. The molecule has 0 bridgehead atoms. The highest BCUT2D eigenvalue weighted by Gasteiger charge is 2.35. The molecule has 1 aromatic heterocycles. The van der Waals surface area contributed by atoms with Gasteiger partial charge in [-0.3, -0.25) is 9.58 Å². The van der Waals surface area contributed by atoms with Gasteiger partial charge in [-0.2, -0.15) is 5.10 Å². The number of aromatic nitrogens is 2. The second-order valence-corrected chi connectivity index (χ2v) is 7.80. The maximum absolute atomic E-state index is 14.8. The number of hydrogen-bond donors (Lipinski definition) is 1. The Morgan fingerprint density at radius 1 is 0.966 bits per heavy atom. The lowest BCUT2D eigenvalue weighted by molar-refractivity contribution is 0.0390. The summed E-state index contributed by atoms with van der Waals surface area (Å²) in [6.45, 7) is 3.39. The van der Waals surface area contributed by atoms with Crippen LogP contribution in [0.3, 0.4) is 0 Å². The van der Waals surface area contributed by atoms with Crippen LogP contribution in [-0.2, 0) is 0 Å². The van der Waals surface area contributed by atoms with Crippen molar-refractivity contribution in [2.24, 2.45) is 0 Å². The third kappa shape index (κ3) is 3.91. The minimum atomic E-state index is -0.890. The molecule has 0 saturated carbocycles. The number of para-hydroxylation sites is 1. The highest BCUT2D eigenvalue weighted by atomic mass is 19.1. The van der Waals surface area contributed by atoms with Crippen molar-refractivity contribution in [3.8, 4) is 22.8 Å². The molecule has 6 heteroatoms. The third-order valence-corrected chi connectivity index (χ3v) is 5.89. The SMILES string of the molecule is F[C@@H]1CN(C2CNC2)CC[C@H]1n1ccc(-c2ccc(Oc3ccccc3)cc2)n1. The monoisotopic (exact) mass is 392 g/mol. The summed E-state index contributed by atoms with van der Waals surface area (Å²) in [5.74, 6) is 1.59. The van der Waals surface area contributed by atoms with E-state index in [1.54, 1.807) is 0 Å². The van der Waals surface area contributed by atoms with Crippen LogP contribution in [0.2, 0.25) is 0 Å². The maximum Gasteiger partial charge on any atom is 0.135 e. The van der Waals surface area contributed by atoms with E-state index in [0.717, 1.165) is 48.8 Å². The zero-order valence-electron chi connectivity index (χ0n) is 16.2. The summed E-state index contributed by atoms with van der Waals surface area (Å²) in [4.78, 5) is 2.27. The van der Waals surface area contributed by atoms with Crippen molar-refractivity contribution in [2.45, 2.75) is 24.7 Å². The number of ether oxygens (including phenoxy) is 1. The van der Waals surface area contributed by atoms with Gasteiger partial charge in [0.1, 0.15) is 17.7 Å². The van der Waals surface area contributed by atoms with E-state index in [1.807, 2.05) is 71.5 Å². The van der Waals surface area contributed by atoms with Gasteiger partial charge in [-0.1, -0.05) is 18.2 Å². The molecule has 0 spiro atoms. The van der Waals surface area contributed by atoms with Gasteiger partial charge in [-0.15, -0.1) is 0 Å². The highest BCUT2D eigenvalue weighted by molar-refractivity contribution is 5.59. The summed E-state index contributed by atoms with van der Waals surface area (Å²) >= 11 is 0. The van der Waals surface area contributed by atoms with Gasteiger partial charge in [0.2, 0.25) is 0 Å². The van der Waals surface area contributed by atoms with Gasteiger partial charge in [0.25, 0.3) is 0 Å². The average molecular weight is 392 g/mol. The van der Waals surface area contributed by atoms with Crippen LogP contribution in [0.5, 0.6) is 11.5 Å². The summed E-state index contributed by atoms with van der Waals surface area (Å²) in [6.07, 6.45) is 1.81. The first-order chi connectivity index (χ1) is 14.3. The number of nitrogens with zero attached hydrogens (tertiary/aromatic N) is 3. The molecule has 0 unspecified atom stereocenters. The molecule has 29 heavy (non-hydrogen) atoms. The Kier molecular flexibility index (Phi) is 5.04. The van der Waals surface area contributed by atoms with Crippen LogP contribution in [0, 0.1) is 0 Å². The van der Waals surface area contributed by atoms with Crippen LogP contribution in [-0.4, -0.2) is 53.1 Å². The molecule has 5 rings (SSSR count). The fourth-order valence-corrected chi connectivity index (χ4v) is 4.07. The van der Waals surface area contributed by atoms with Gasteiger partial charge >= 0.3 is 0 Å². The van der Waals surface area contributed by atoms with Crippen molar-refractivity contribution in [2.75, 3.05) is 26.2 Å². The largest absolute Gasteiger partial charge is 0.457 e. The number of halogens is 1. The Morgan fingerprint density at radius 2 is 1.72 bits per heavy atom. The second-order valence-electron chi connectivity index (χ2n) is 7.80. The van der Waals surface area contributed by atoms with E-state index < -0.39 is 6.17 Å². The lowest BCUT2D eigenvalue weighted by atomic mass is 9.99. The van der Waals surface area contributed by atoms with Crippen LogP contribution >= 0.6 is 0 Å². The van der Waals surface area contributed by atoms with E-state index in [1.165, 1.54) is 0 Å². The van der Waals surface area contributed by atoms with Gasteiger partial charge in [0.05, 0.1) is 11.7 Å². The lowest BCUT2D eigenvalue weighted by Gasteiger charge is -2.43. The summed E-state index contributed by atoms with van der Waals surface area (Å²) in [5, 5.41) is 7.94. The van der Waals surface area contributed by atoms with E-state index >= 15 is 0 Å². The molecule has 0 aliphatic carbocycles. The molecule has 150 valence electrons. The summed E-state index contributed by atoms with van der Waals surface area (Å²) in [7, 11) is 0. The minimum Gasteiger partial charge on any atom is -0.457 e. The standard InChI is InChI=1S/C23H25FN4O/c24-21-16-27(18-14-25-15-18)12-11-23(21)28-13-10-22(26-28)17-6-8-20(9-7-17)29-19-4-2-1-3-5-19/h1-10,13,18,21,23,25H,11-12,14-16H2/t21-,23-/m1/s1. The first kappa shape index (κ1) is 18.3. The topological polar surface area (TPSA) is 42.3 Å². The molecule has 2 atom stereocenters. The molecule has 2 saturated heterocycles. The number of hydrogen-bond acceptors (Lipinski definition) is 4. The van der Waals surface area contributed by atoms with Crippen LogP contribution in [0.15, 0.2) is 66.9 Å². The fraction of sp³-hybridized carbons (Fsp3) is 0.348. The van der Waals surface area contributed by atoms with Gasteiger partial charge in [-0.05, 0) is 48.9 Å².